The molecule has 1 heterocycles. The van der Waals surface area contributed by atoms with Gasteiger partial charge in [0.15, 0.2) is 0 Å². The Morgan fingerprint density at radius 2 is 2.39 bits per heavy atom. The van der Waals surface area contributed by atoms with Crippen LogP contribution in [0.15, 0.2) is 22.7 Å². The summed E-state index contributed by atoms with van der Waals surface area (Å²) in [6, 6.07) is 5.04. The van der Waals surface area contributed by atoms with Crippen LogP contribution in [0.25, 0.3) is 0 Å². The summed E-state index contributed by atoms with van der Waals surface area (Å²) < 4.78 is 6.02. The normalized spacial score (nSPS) is 20.9. The highest BCUT2D eigenvalue weighted by Gasteiger charge is 2.29. The van der Waals surface area contributed by atoms with Crippen LogP contribution in [-0.2, 0) is 16.1 Å². The Balaban J connectivity index is 2.10. The van der Waals surface area contributed by atoms with Crippen LogP contribution in [0, 0.1) is 0 Å². The van der Waals surface area contributed by atoms with Crippen molar-refractivity contribution in [1.29, 1.82) is 0 Å². The molecule has 1 fully saturated rings. The molecule has 1 aliphatic heterocycles. The fourth-order valence-electron chi connectivity index (χ4n) is 1.93. The number of nitrogens with zero attached hydrogens (tertiary/aromatic N) is 1. The first-order chi connectivity index (χ1) is 8.58. The molecule has 0 spiro atoms. The van der Waals surface area contributed by atoms with Crippen LogP contribution in [0.1, 0.15) is 5.56 Å². The van der Waals surface area contributed by atoms with E-state index in [1.807, 2.05) is 17.0 Å². The molecule has 0 aromatic heterocycles. The van der Waals surface area contributed by atoms with Crippen molar-refractivity contribution >= 4 is 33.5 Å². The van der Waals surface area contributed by atoms with Crippen molar-refractivity contribution in [1.82, 2.24) is 4.90 Å². The van der Waals surface area contributed by atoms with Crippen LogP contribution >= 0.6 is 27.5 Å². The monoisotopic (exact) mass is 333 g/mol. The van der Waals surface area contributed by atoms with Gasteiger partial charge in [-0.15, -0.1) is 0 Å². The molecule has 0 saturated carbocycles. The van der Waals surface area contributed by atoms with Crippen molar-refractivity contribution in [2.45, 2.75) is 12.6 Å². The molecule has 0 aliphatic carbocycles. The topological polar surface area (TPSA) is 49.8 Å². The summed E-state index contributed by atoms with van der Waals surface area (Å²) in [5.74, 6) is -0.845. The summed E-state index contributed by atoms with van der Waals surface area (Å²) in [4.78, 5) is 13.0. The van der Waals surface area contributed by atoms with Crippen molar-refractivity contribution in [2.75, 3.05) is 19.8 Å². The number of aliphatic carboxylic acids is 1. The Morgan fingerprint density at radius 3 is 3.06 bits per heavy atom. The summed E-state index contributed by atoms with van der Waals surface area (Å²) in [5, 5.41) is 9.78. The lowest BCUT2D eigenvalue weighted by Gasteiger charge is -2.32. The summed E-state index contributed by atoms with van der Waals surface area (Å²) >= 11 is 9.29. The molecule has 1 N–H and O–H groups in total. The number of morpholine rings is 1. The second-order valence-corrected chi connectivity index (χ2v) is 5.41. The lowest BCUT2D eigenvalue weighted by Crippen LogP contribution is -2.49. The van der Waals surface area contributed by atoms with E-state index in [1.165, 1.54) is 0 Å². The van der Waals surface area contributed by atoms with Crippen LogP contribution in [0.2, 0.25) is 5.02 Å². The van der Waals surface area contributed by atoms with Crippen molar-refractivity contribution in [3.8, 4) is 0 Å². The Bertz CT molecular complexity index is 455. The summed E-state index contributed by atoms with van der Waals surface area (Å²) in [7, 11) is 0. The maximum Gasteiger partial charge on any atom is 0.323 e. The number of carbonyl (C=O) groups is 1. The minimum absolute atomic E-state index is 0.240. The largest absolute Gasteiger partial charge is 0.480 e. The molecule has 0 bridgehead atoms. The number of ether oxygens (including phenoxy) is 1. The van der Waals surface area contributed by atoms with E-state index in [1.54, 1.807) is 6.07 Å². The van der Waals surface area contributed by atoms with Gasteiger partial charge in [0, 0.05) is 17.6 Å². The van der Waals surface area contributed by atoms with Crippen LogP contribution in [0.4, 0.5) is 0 Å². The summed E-state index contributed by atoms with van der Waals surface area (Å²) in [6.45, 7) is 2.01. The molecule has 1 atom stereocenters. The molecule has 0 amide bonds. The van der Waals surface area contributed by atoms with E-state index in [2.05, 4.69) is 15.9 Å². The first kappa shape index (κ1) is 13.8. The maximum absolute atomic E-state index is 11.1. The highest BCUT2D eigenvalue weighted by Crippen LogP contribution is 2.24. The predicted octanol–water partition coefficient (Wildman–Crippen LogP) is 2.39. The maximum atomic E-state index is 11.1. The second kappa shape index (κ2) is 6.02. The summed E-state index contributed by atoms with van der Waals surface area (Å²) in [6.07, 6.45) is 0. The number of benzene rings is 1. The first-order valence-electron chi connectivity index (χ1n) is 5.56. The molecule has 98 valence electrons. The molecule has 6 heteroatoms. The fourth-order valence-corrected chi connectivity index (χ4v) is 2.47. The average molecular weight is 335 g/mol. The van der Waals surface area contributed by atoms with Gasteiger partial charge >= 0.3 is 5.97 Å². The Hall–Kier alpha value is -0.620. The average Bonchev–Trinajstić information content (AvgIpc) is 2.34. The SMILES string of the molecule is O=C(O)C1COCCN1Cc1ccc(Cl)c(Br)c1. The molecule has 0 radical (unpaired) electrons. The molecule has 1 unspecified atom stereocenters. The Morgan fingerprint density at radius 1 is 1.61 bits per heavy atom. The zero-order chi connectivity index (χ0) is 13.1. The zero-order valence-electron chi connectivity index (χ0n) is 9.60. The number of carboxylic acids is 1. The van der Waals surface area contributed by atoms with Gasteiger partial charge in [0.1, 0.15) is 6.04 Å². The van der Waals surface area contributed by atoms with Gasteiger partial charge in [0.05, 0.1) is 18.2 Å². The quantitative estimate of drug-likeness (QED) is 0.922. The van der Waals surface area contributed by atoms with E-state index >= 15 is 0 Å². The van der Waals surface area contributed by atoms with E-state index in [-0.39, 0.29) is 6.61 Å². The van der Waals surface area contributed by atoms with Gasteiger partial charge in [-0.3, -0.25) is 9.69 Å². The molecular formula is C12H13BrClNO3. The second-order valence-electron chi connectivity index (χ2n) is 4.15. The molecule has 4 nitrogen and oxygen atoms in total. The fraction of sp³-hybridized carbons (Fsp3) is 0.417. The van der Waals surface area contributed by atoms with Crippen LogP contribution in [0.5, 0.6) is 0 Å². The lowest BCUT2D eigenvalue weighted by molar-refractivity contribution is -0.150. The Labute approximate surface area is 119 Å². The van der Waals surface area contributed by atoms with Crippen molar-refractivity contribution in [3.05, 3.63) is 33.3 Å². The van der Waals surface area contributed by atoms with E-state index in [4.69, 9.17) is 21.4 Å². The minimum Gasteiger partial charge on any atom is -0.480 e. The predicted molar refractivity (Wildman–Crippen MR) is 71.8 cm³/mol. The zero-order valence-corrected chi connectivity index (χ0v) is 11.9. The molecule has 1 aliphatic rings. The van der Waals surface area contributed by atoms with Crippen molar-refractivity contribution in [3.63, 3.8) is 0 Å². The molecular weight excluding hydrogens is 321 g/mol. The molecule has 2 rings (SSSR count). The van der Waals surface area contributed by atoms with Crippen LogP contribution in [0.3, 0.4) is 0 Å². The van der Waals surface area contributed by atoms with Gasteiger partial charge in [0.25, 0.3) is 0 Å². The smallest absolute Gasteiger partial charge is 0.323 e. The third-order valence-electron chi connectivity index (χ3n) is 2.89. The number of halogens is 2. The summed E-state index contributed by atoms with van der Waals surface area (Å²) in [5.41, 5.74) is 1.03. The molecule has 1 saturated heterocycles. The number of hydrogen-bond donors (Lipinski definition) is 1. The van der Waals surface area contributed by atoms with E-state index < -0.39 is 12.0 Å². The lowest BCUT2D eigenvalue weighted by atomic mass is 10.1. The van der Waals surface area contributed by atoms with Gasteiger partial charge in [-0.2, -0.15) is 0 Å². The minimum atomic E-state index is -0.845. The third-order valence-corrected chi connectivity index (χ3v) is 4.11. The number of rotatable bonds is 3. The van der Waals surface area contributed by atoms with Gasteiger partial charge in [-0.25, -0.2) is 0 Å². The van der Waals surface area contributed by atoms with Crippen molar-refractivity contribution < 1.29 is 14.6 Å². The third kappa shape index (κ3) is 3.23. The van der Waals surface area contributed by atoms with Crippen LogP contribution in [-0.4, -0.2) is 41.8 Å². The number of hydrogen-bond acceptors (Lipinski definition) is 3. The molecule has 1 aromatic rings. The van der Waals surface area contributed by atoms with Gasteiger partial charge in [-0.1, -0.05) is 17.7 Å². The van der Waals surface area contributed by atoms with Crippen LogP contribution < -0.4 is 0 Å². The molecule has 1 aromatic carbocycles. The van der Waals surface area contributed by atoms with Gasteiger partial charge < -0.3 is 9.84 Å². The highest BCUT2D eigenvalue weighted by molar-refractivity contribution is 9.10. The van der Waals surface area contributed by atoms with Gasteiger partial charge in [0.2, 0.25) is 0 Å². The van der Waals surface area contributed by atoms with Gasteiger partial charge in [-0.05, 0) is 33.6 Å². The standard InChI is InChI=1S/C12H13BrClNO3/c13-9-5-8(1-2-10(9)14)6-15-3-4-18-7-11(15)12(16)17/h1-2,5,11H,3-4,6-7H2,(H,16,17). The van der Waals surface area contributed by atoms with E-state index in [0.29, 0.717) is 24.7 Å². The Kier molecular flexibility index (Phi) is 4.61. The van der Waals surface area contributed by atoms with E-state index in [0.717, 1.165) is 10.0 Å². The highest BCUT2D eigenvalue weighted by atomic mass is 79.9. The van der Waals surface area contributed by atoms with E-state index in [9.17, 15) is 4.79 Å². The molecule has 18 heavy (non-hydrogen) atoms. The van der Waals surface area contributed by atoms with Crippen molar-refractivity contribution in [2.24, 2.45) is 0 Å². The first-order valence-corrected chi connectivity index (χ1v) is 6.73. The number of carboxylic acid groups (broad SMARTS) is 1.